The van der Waals surface area contributed by atoms with Crippen molar-refractivity contribution < 1.29 is 17.9 Å². The Kier molecular flexibility index (Phi) is 4.38. The van der Waals surface area contributed by atoms with Gasteiger partial charge in [0.25, 0.3) is 0 Å². The van der Waals surface area contributed by atoms with E-state index in [1.165, 1.54) is 14.2 Å². The van der Waals surface area contributed by atoms with E-state index in [1.54, 1.807) is 0 Å². The molecule has 0 unspecified atom stereocenters. The van der Waals surface area contributed by atoms with Crippen molar-refractivity contribution in [2.45, 2.75) is 4.90 Å². The Morgan fingerprint density at radius 1 is 1.47 bits per heavy atom. The first-order valence-electron chi connectivity index (χ1n) is 4.38. The Morgan fingerprint density at radius 3 is 2.47 bits per heavy atom. The zero-order valence-corrected chi connectivity index (χ0v) is 10.7. The Labute approximate surface area is 103 Å². The third-order valence-corrected chi connectivity index (χ3v) is 3.84. The molecule has 7 nitrogen and oxygen atoms in total. The highest BCUT2D eigenvalue weighted by Crippen LogP contribution is 2.12. The van der Waals surface area contributed by atoms with Crippen LogP contribution in [0.1, 0.15) is 0 Å². The van der Waals surface area contributed by atoms with Crippen molar-refractivity contribution in [2.24, 2.45) is 0 Å². The van der Waals surface area contributed by atoms with Gasteiger partial charge in [-0.3, -0.25) is 4.79 Å². The van der Waals surface area contributed by atoms with Crippen LogP contribution < -0.4 is 0 Å². The molecule has 0 aliphatic carbocycles. The van der Waals surface area contributed by atoms with Gasteiger partial charge >= 0.3 is 5.97 Å². The van der Waals surface area contributed by atoms with Gasteiger partial charge in [-0.2, -0.15) is 4.31 Å². The molecule has 0 saturated heterocycles. The molecule has 9 heteroatoms. The Hall–Kier alpha value is -1.25. The van der Waals surface area contributed by atoms with Gasteiger partial charge in [0.1, 0.15) is 11.4 Å². The lowest BCUT2D eigenvalue weighted by Crippen LogP contribution is -2.32. The van der Waals surface area contributed by atoms with Crippen LogP contribution in [-0.2, 0) is 19.6 Å². The molecule has 0 aromatic carbocycles. The van der Waals surface area contributed by atoms with Crippen LogP contribution in [0.5, 0.6) is 0 Å². The molecule has 1 aromatic rings. The first kappa shape index (κ1) is 13.8. The van der Waals surface area contributed by atoms with Gasteiger partial charge in [-0.05, 0) is 11.6 Å². The molecule has 17 heavy (non-hydrogen) atoms. The van der Waals surface area contributed by atoms with Crippen molar-refractivity contribution in [1.29, 1.82) is 0 Å². The van der Waals surface area contributed by atoms with E-state index in [1.807, 2.05) is 0 Å². The molecule has 1 aromatic heterocycles. The molecule has 1 heterocycles. The number of esters is 1. The lowest BCUT2D eigenvalue weighted by Gasteiger charge is -2.14. The van der Waals surface area contributed by atoms with Crippen molar-refractivity contribution in [3.8, 4) is 0 Å². The van der Waals surface area contributed by atoms with Crippen LogP contribution >= 0.6 is 11.6 Å². The van der Waals surface area contributed by atoms with Crippen molar-refractivity contribution in [3.05, 3.63) is 17.7 Å². The molecule has 0 aliphatic rings. The average Bonchev–Trinajstić information content (AvgIpc) is 2.29. The highest BCUT2D eigenvalue weighted by atomic mass is 35.5. The van der Waals surface area contributed by atoms with Gasteiger partial charge < -0.3 is 4.74 Å². The summed E-state index contributed by atoms with van der Waals surface area (Å²) in [6, 6.07) is 0. The van der Waals surface area contributed by atoms with Crippen LogP contribution in [0, 0.1) is 0 Å². The number of aromatic nitrogens is 2. The molecular weight excluding hydrogens is 270 g/mol. The summed E-state index contributed by atoms with van der Waals surface area (Å²) < 4.78 is 29.0. The smallest absolute Gasteiger partial charge is 0.321 e. The number of likely N-dealkylation sites (N-methyl/N-ethyl adjacent to an activating group) is 1. The first-order valence-corrected chi connectivity index (χ1v) is 6.20. The largest absolute Gasteiger partial charge is 0.468 e. The fourth-order valence-corrected chi connectivity index (χ4v) is 2.05. The summed E-state index contributed by atoms with van der Waals surface area (Å²) in [4.78, 5) is 17.9. The topological polar surface area (TPSA) is 89.5 Å². The number of halogens is 1. The summed E-state index contributed by atoms with van der Waals surface area (Å²) in [5.74, 6) is -0.661. The van der Waals surface area contributed by atoms with Gasteiger partial charge in [-0.1, -0.05) is 0 Å². The Morgan fingerprint density at radius 2 is 2.00 bits per heavy atom. The Balaban J connectivity index is 2.95. The Bertz CT molecular complexity index is 502. The van der Waals surface area contributed by atoms with Crippen molar-refractivity contribution >= 4 is 27.6 Å². The zero-order chi connectivity index (χ0) is 13.1. The maximum atomic E-state index is 11.9. The second kappa shape index (κ2) is 5.39. The minimum atomic E-state index is -3.81. The average molecular weight is 280 g/mol. The molecule has 0 amide bonds. The van der Waals surface area contributed by atoms with Crippen LogP contribution in [0.25, 0.3) is 0 Å². The van der Waals surface area contributed by atoms with Crippen LogP contribution in [-0.4, -0.2) is 49.4 Å². The molecule has 0 fully saturated rings. The normalized spacial score (nSPS) is 11.5. The molecule has 0 N–H and O–H groups in total. The number of nitrogens with zero attached hydrogens (tertiary/aromatic N) is 3. The number of sulfonamides is 1. The SMILES string of the molecule is COC(=O)CN(C)S(=O)(=O)c1cnc(Cl)nc1. The molecule has 94 valence electrons. The molecule has 0 radical (unpaired) electrons. The summed E-state index contributed by atoms with van der Waals surface area (Å²) >= 11 is 5.44. The second-order valence-electron chi connectivity index (χ2n) is 3.03. The predicted molar refractivity (Wildman–Crippen MR) is 58.9 cm³/mol. The number of hydrogen-bond donors (Lipinski definition) is 0. The van der Waals surface area contributed by atoms with Crippen LogP contribution in [0.4, 0.5) is 0 Å². The third kappa shape index (κ3) is 3.35. The molecule has 1 rings (SSSR count). The van der Waals surface area contributed by atoms with E-state index >= 15 is 0 Å². The van der Waals surface area contributed by atoms with Crippen molar-refractivity contribution in [2.75, 3.05) is 20.7 Å². The lowest BCUT2D eigenvalue weighted by molar-refractivity contribution is -0.140. The van der Waals surface area contributed by atoms with E-state index in [0.29, 0.717) is 0 Å². The van der Waals surface area contributed by atoms with E-state index < -0.39 is 16.0 Å². The second-order valence-corrected chi connectivity index (χ2v) is 5.41. The van der Waals surface area contributed by atoms with E-state index in [0.717, 1.165) is 16.7 Å². The van der Waals surface area contributed by atoms with Crippen LogP contribution in [0.2, 0.25) is 5.28 Å². The van der Waals surface area contributed by atoms with E-state index in [2.05, 4.69) is 14.7 Å². The van der Waals surface area contributed by atoms with Crippen molar-refractivity contribution in [1.82, 2.24) is 14.3 Å². The third-order valence-electron chi connectivity index (χ3n) is 1.88. The van der Waals surface area contributed by atoms with E-state index in [4.69, 9.17) is 11.6 Å². The van der Waals surface area contributed by atoms with Gasteiger partial charge in [-0.15, -0.1) is 0 Å². The molecular formula is C8H10ClN3O4S. The lowest BCUT2D eigenvalue weighted by atomic mass is 10.7. The van der Waals surface area contributed by atoms with E-state index in [9.17, 15) is 13.2 Å². The number of ether oxygens (including phenoxy) is 1. The predicted octanol–water partition coefficient (Wildman–Crippen LogP) is -0.0765. The van der Waals surface area contributed by atoms with E-state index in [-0.39, 0.29) is 16.7 Å². The minimum absolute atomic E-state index is 0.0560. The molecule has 0 bridgehead atoms. The van der Waals surface area contributed by atoms with Crippen molar-refractivity contribution in [3.63, 3.8) is 0 Å². The van der Waals surface area contributed by atoms with Gasteiger partial charge in [0.15, 0.2) is 0 Å². The minimum Gasteiger partial charge on any atom is -0.468 e. The number of carbonyl (C=O) groups is 1. The summed E-state index contributed by atoms with van der Waals surface area (Å²) in [7, 11) is -1.39. The zero-order valence-electron chi connectivity index (χ0n) is 9.12. The van der Waals surface area contributed by atoms with Gasteiger partial charge in [0, 0.05) is 7.05 Å². The maximum absolute atomic E-state index is 11.9. The van der Waals surface area contributed by atoms with Crippen LogP contribution in [0.15, 0.2) is 17.3 Å². The molecule has 0 spiro atoms. The quantitative estimate of drug-likeness (QED) is 0.566. The van der Waals surface area contributed by atoms with Crippen LogP contribution in [0.3, 0.4) is 0 Å². The molecule has 0 aliphatic heterocycles. The highest BCUT2D eigenvalue weighted by molar-refractivity contribution is 7.89. The summed E-state index contributed by atoms with van der Waals surface area (Å²) in [6.07, 6.45) is 2.14. The fourth-order valence-electron chi connectivity index (χ4n) is 0.945. The summed E-state index contributed by atoms with van der Waals surface area (Å²) in [5, 5.41) is -0.0560. The number of rotatable bonds is 4. The highest BCUT2D eigenvalue weighted by Gasteiger charge is 2.23. The van der Waals surface area contributed by atoms with Gasteiger partial charge in [0.2, 0.25) is 15.3 Å². The molecule has 0 atom stereocenters. The van der Waals surface area contributed by atoms with Gasteiger partial charge in [-0.25, -0.2) is 18.4 Å². The first-order chi connectivity index (χ1) is 7.87. The van der Waals surface area contributed by atoms with Gasteiger partial charge in [0.05, 0.1) is 19.5 Å². The fraction of sp³-hybridized carbons (Fsp3) is 0.375. The number of hydrogen-bond acceptors (Lipinski definition) is 6. The maximum Gasteiger partial charge on any atom is 0.321 e. The summed E-state index contributed by atoms with van der Waals surface area (Å²) in [5.41, 5.74) is 0. The molecule has 0 saturated carbocycles. The summed E-state index contributed by atoms with van der Waals surface area (Å²) in [6.45, 7) is -0.387. The monoisotopic (exact) mass is 279 g/mol. The standard InChI is InChI=1S/C8H10ClN3O4S/c1-12(5-7(13)16-2)17(14,15)6-3-10-8(9)11-4-6/h3-4H,5H2,1-2H3. The number of methoxy groups -OCH3 is 1. The number of carbonyl (C=O) groups excluding carboxylic acids is 1.